The standard InChI is InChI=1S/C12H25N3O/c1-4-14(3)12(16)9-15-7-5-6-10(2)11(15)8-13/h10-11H,4-9,13H2,1-3H3. The molecule has 94 valence electrons. The van der Waals surface area contributed by atoms with Crippen LogP contribution in [0.1, 0.15) is 26.7 Å². The van der Waals surface area contributed by atoms with Crippen LogP contribution in [0.25, 0.3) is 0 Å². The number of rotatable bonds is 4. The third-order valence-corrected chi connectivity index (χ3v) is 3.71. The van der Waals surface area contributed by atoms with Crippen molar-refractivity contribution in [2.45, 2.75) is 32.7 Å². The highest BCUT2D eigenvalue weighted by Gasteiger charge is 2.28. The third-order valence-electron chi connectivity index (χ3n) is 3.71. The molecule has 0 spiro atoms. The second-order valence-electron chi connectivity index (χ2n) is 4.80. The Kier molecular flexibility index (Phi) is 5.22. The van der Waals surface area contributed by atoms with Crippen LogP contribution in [0.4, 0.5) is 0 Å². The zero-order valence-electron chi connectivity index (χ0n) is 10.8. The van der Waals surface area contributed by atoms with Gasteiger partial charge in [-0.15, -0.1) is 0 Å². The second-order valence-corrected chi connectivity index (χ2v) is 4.80. The zero-order chi connectivity index (χ0) is 12.1. The Balaban J connectivity index is 2.54. The third kappa shape index (κ3) is 3.19. The average molecular weight is 227 g/mol. The molecular formula is C12H25N3O. The molecule has 0 bridgehead atoms. The number of carbonyl (C=O) groups is 1. The van der Waals surface area contributed by atoms with Crippen LogP contribution in [0.5, 0.6) is 0 Å². The first kappa shape index (κ1) is 13.5. The molecule has 0 aliphatic carbocycles. The number of likely N-dealkylation sites (N-methyl/N-ethyl adjacent to an activating group) is 1. The van der Waals surface area contributed by atoms with Crippen LogP contribution in [0, 0.1) is 5.92 Å². The summed E-state index contributed by atoms with van der Waals surface area (Å²) in [5, 5.41) is 0. The van der Waals surface area contributed by atoms with Crippen molar-refractivity contribution in [1.82, 2.24) is 9.80 Å². The Morgan fingerprint density at radius 2 is 2.25 bits per heavy atom. The van der Waals surface area contributed by atoms with Crippen molar-refractivity contribution >= 4 is 5.91 Å². The summed E-state index contributed by atoms with van der Waals surface area (Å²) in [7, 11) is 1.85. The van der Waals surface area contributed by atoms with E-state index >= 15 is 0 Å². The van der Waals surface area contributed by atoms with Crippen molar-refractivity contribution in [2.75, 3.05) is 33.2 Å². The lowest BCUT2D eigenvalue weighted by molar-refractivity contribution is -0.132. The van der Waals surface area contributed by atoms with E-state index in [-0.39, 0.29) is 5.91 Å². The van der Waals surface area contributed by atoms with E-state index in [4.69, 9.17) is 5.73 Å². The number of hydrogen-bond acceptors (Lipinski definition) is 3. The van der Waals surface area contributed by atoms with Crippen LogP contribution in [-0.2, 0) is 4.79 Å². The van der Waals surface area contributed by atoms with Gasteiger partial charge in [-0.05, 0) is 32.2 Å². The number of hydrogen-bond donors (Lipinski definition) is 1. The van der Waals surface area contributed by atoms with Gasteiger partial charge in [-0.1, -0.05) is 6.92 Å². The van der Waals surface area contributed by atoms with Gasteiger partial charge in [-0.2, -0.15) is 0 Å². The average Bonchev–Trinajstić information content (AvgIpc) is 2.28. The van der Waals surface area contributed by atoms with Crippen LogP contribution in [0.2, 0.25) is 0 Å². The normalized spacial score (nSPS) is 26.8. The summed E-state index contributed by atoms with van der Waals surface area (Å²) >= 11 is 0. The lowest BCUT2D eigenvalue weighted by Gasteiger charge is -2.39. The second kappa shape index (κ2) is 6.21. The van der Waals surface area contributed by atoms with Crippen molar-refractivity contribution in [3.8, 4) is 0 Å². The number of amides is 1. The van der Waals surface area contributed by atoms with Gasteiger partial charge < -0.3 is 10.6 Å². The van der Waals surface area contributed by atoms with Crippen LogP contribution in [0.15, 0.2) is 0 Å². The van der Waals surface area contributed by atoms with E-state index in [0.717, 1.165) is 13.1 Å². The molecule has 1 aliphatic heterocycles. The van der Waals surface area contributed by atoms with E-state index in [1.165, 1.54) is 12.8 Å². The molecule has 1 amide bonds. The summed E-state index contributed by atoms with van der Waals surface area (Å²) in [6, 6.07) is 0.378. The van der Waals surface area contributed by atoms with E-state index in [2.05, 4.69) is 11.8 Å². The molecule has 4 nitrogen and oxygen atoms in total. The van der Waals surface area contributed by atoms with Gasteiger partial charge in [0.2, 0.25) is 5.91 Å². The molecule has 0 saturated carbocycles. The summed E-state index contributed by atoms with van der Waals surface area (Å²) in [6.07, 6.45) is 2.41. The maximum atomic E-state index is 11.9. The maximum Gasteiger partial charge on any atom is 0.236 e. The molecule has 2 atom stereocenters. The van der Waals surface area contributed by atoms with Gasteiger partial charge in [-0.3, -0.25) is 9.69 Å². The number of nitrogens with zero attached hydrogens (tertiary/aromatic N) is 2. The molecule has 16 heavy (non-hydrogen) atoms. The van der Waals surface area contributed by atoms with E-state index in [0.29, 0.717) is 25.0 Å². The molecule has 1 rings (SSSR count). The minimum absolute atomic E-state index is 0.204. The first-order chi connectivity index (χ1) is 7.60. The summed E-state index contributed by atoms with van der Waals surface area (Å²) in [5.41, 5.74) is 5.80. The first-order valence-corrected chi connectivity index (χ1v) is 6.28. The van der Waals surface area contributed by atoms with Gasteiger partial charge in [0.1, 0.15) is 0 Å². The summed E-state index contributed by atoms with van der Waals surface area (Å²) in [6.45, 7) is 7.20. The number of piperidine rings is 1. The fourth-order valence-corrected chi connectivity index (χ4v) is 2.38. The van der Waals surface area contributed by atoms with Gasteiger partial charge in [0.05, 0.1) is 6.54 Å². The minimum Gasteiger partial charge on any atom is -0.345 e. The van der Waals surface area contributed by atoms with Crippen LogP contribution in [-0.4, -0.2) is 55.0 Å². The number of nitrogens with two attached hydrogens (primary N) is 1. The van der Waals surface area contributed by atoms with Crippen LogP contribution < -0.4 is 5.73 Å². The van der Waals surface area contributed by atoms with Crippen molar-refractivity contribution in [3.05, 3.63) is 0 Å². The highest BCUT2D eigenvalue weighted by Crippen LogP contribution is 2.22. The lowest BCUT2D eigenvalue weighted by Crippen LogP contribution is -2.52. The molecule has 1 fully saturated rings. The molecule has 1 saturated heterocycles. The topological polar surface area (TPSA) is 49.6 Å². The Hall–Kier alpha value is -0.610. The summed E-state index contributed by atoms with van der Waals surface area (Å²) < 4.78 is 0. The highest BCUT2D eigenvalue weighted by molar-refractivity contribution is 5.78. The van der Waals surface area contributed by atoms with Gasteiger partial charge in [0, 0.05) is 26.2 Å². The fraction of sp³-hybridized carbons (Fsp3) is 0.917. The van der Waals surface area contributed by atoms with Crippen molar-refractivity contribution in [1.29, 1.82) is 0 Å². The van der Waals surface area contributed by atoms with Crippen molar-refractivity contribution < 1.29 is 4.79 Å². The molecule has 0 aromatic heterocycles. The Bertz CT molecular complexity index is 232. The largest absolute Gasteiger partial charge is 0.345 e. The number of likely N-dealkylation sites (tertiary alicyclic amines) is 1. The van der Waals surface area contributed by atoms with Crippen molar-refractivity contribution in [2.24, 2.45) is 11.7 Å². The first-order valence-electron chi connectivity index (χ1n) is 6.28. The van der Waals surface area contributed by atoms with Gasteiger partial charge >= 0.3 is 0 Å². The van der Waals surface area contributed by atoms with Gasteiger partial charge in [0.25, 0.3) is 0 Å². The molecule has 0 aromatic rings. The van der Waals surface area contributed by atoms with E-state index in [9.17, 15) is 4.79 Å². The Morgan fingerprint density at radius 1 is 1.56 bits per heavy atom. The van der Waals surface area contributed by atoms with E-state index in [1.807, 2.05) is 14.0 Å². The zero-order valence-corrected chi connectivity index (χ0v) is 10.8. The molecule has 4 heteroatoms. The molecule has 1 aliphatic rings. The molecule has 1 heterocycles. The predicted molar refractivity (Wildman–Crippen MR) is 66.1 cm³/mol. The minimum atomic E-state index is 0.204. The smallest absolute Gasteiger partial charge is 0.236 e. The maximum absolute atomic E-state index is 11.9. The number of carbonyl (C=O) groups excluding carboxylic acids is 1. The molecular weight excluding hydrogens is 202 g/mol. The molecule has 0 radical (unpaired) electrons. The molecule has 2 unspecified atom stereocenters. The quantitative estimate of drug-likeness (QED) is 0.762. The van der Waals surface area contributed by atoms with Crippen LogP contribution in [0.3, 0.4) is 0 Å². The van der Waals surface area contributed by atoms with Crippen molar-refractivity contribution in [3.63, 3.8) is 0 Å². The summed E-state index contributed by atoms with van der Waals surface area (Å²) in [4.78, 5) is 15.9. The monoisotopic (exact) mass is 227 g/mol. The predicted octanol–water partition coefficient (Wildman–Crippen LogP) is 0.524. The lowest BCUT2D eigenvalue weighted by atomic mass is 9.91. The highest BCUT2D eigenvalue weighted by atomic mass is 16.2. The Labute approximate surface area is 98.8 Å². The van der Waals surface area contributed by atoms with E-state index in [1.54, 1.807) is 4.90 Å². The van der Waals surface area contributed by atoms with Gasteiger partial charge in [-0.25, -0.2) is 0 Å². The SMILES string of the molecule is CCN(C)C(=O)CN1CCCC(C)C1CN. The Morgan fingerprint density at radius 3 is 2.81 bits per heavy atom. The fourth-order valence-electron chi connectivity index (χ4n) is 2.38. The van der Waals surface area contributed by atoms with Gasteiger partial charge in [0.15, 0.2) is 0 Å². The summed E-state index contributed by atoms with van der Waals surface area (Å²) in [5.74, 6) is 0.813. The van der Waals surface area contributed by atoms with Crippen LogP contribution >= 0.6 is 0 Å². The molecule has 2 N–H and O–H groups in total. The van der Waals surface area contributed by atoms with E-state index < -0.39 is 0 Å². The molecule has 0 aromatic carbocycles.